The zero-order chi connectivity index (χ0) is 30.1. The van der Waals surface area contributed by atoms with Gasteiger partial charge in [-0.15, -0.1) is 0 Å². The summed E-state index contributed by atoms with van der Waals surface area (Å²) in [4.78, 5) is 23.1. The van der Waals surface area contributed by atoms with Crippen LogP contribution in [-0.4, -0.2) is 23.7 Å². The molecule has 0 heterocycles. The smallest absolute Gasteiger partial charge is 0.307 e. The molecule has 0 aliphatic rings. The maximum Gasteiger partial charge on any atom is 0.307 e. The van der Waals surface area contributed by atoms with Gasteiger partial charge < -0.3 is 9.84 Å². The number of carbonyl (C=O) groups excluding carboxylic acids is 1. The SMILES string of the molecule is CCCCCCCCCCCCCC/C=C/CCCCCCCCCCCCCCC(CC(=O)OCCC)C(=O)O. The molecule has 41 heavy (non-hydrogen) atoms. The van der Waals surface area contributed by atoms with E-state index in [1.807, 2.05) is 6.92 Å². The molecule has 0 radical (unpaired) electrons. The van der Waals surface area contributed by atoms with Gasteiger partial charge in [0.1, 0.15) is 0 Å². The second-order valence-corrected chi connectivity index (χ2v) is 12.4. The number of esters is 1. The Morgan fingerprint density at radius 2 is 0.902 bits per heavy atom. The van der Waals surface area contributed by atoms with Crippen molar-refractivity contribution < 1.29 is 19.4 Å². The second-order valence-electron chi connectivity index (χ2n) is 12.4. The van der Waals surface area contributed by atoms with Gasteiger partial charge in [0.2, 0.25) is 0 Å². The van der Waals surface area contributed by atoms with E-state index in [9.17, 15) is 14.7 Å². The molecule has 1 unspecified atom stereocenters. The van der Waals surface area contributed by atoms with E-state index in [4.69, 9.17) is 4.74 Å². The van der Waals surface area contributed by atoms with Crippen LogP contribution in [0.5, 0.6) is 0 Å². The van der Waals surface area contributed by atoms with Gasteiger partial charge in [-0.05, 0) is 38.5 Å². The molecule has 0 rings (SSSR count). The number of carbonyl (C=O) groups is 2. The van der Waals surface area contributed by atoms with Crippen molar-refractivity contribution in [2.45, 2.75) is 200 Å². The molecule has 0 saturated heterocycles. The lowest BCUT2D eigenvalue weighted by molar-refractivity contribution is -0.151. The topological polar surface area (TPSA) is 63.6 Å². The summed E-state index contributed by atoms with van der Waals surface area (Å²) in [6, 6.07) is 0. The quantitative estimate of drug-likeness (QED) is 0.0478. The van der Waals surface area contributed by atoms with Crippen LogP contribution < -0.4 is 0 Å². The number of hydrogen-bond donors (Lipinski definition) is 1. The summed E-state index contributed by atoms with van der Waals surface area (Å²) in [5, 5.41) is 9.34. The van der Waals surface area contributed by atoms with E-state index in [2.05, 4.69) is 19.1 Å². The number of carboxylic acids is 1. The molecule has 1 atom stereocenters. The maximum absolute atomic E-state index is 11.7. The minimum atomic E-state index is -0.875. The van der Waals surface area contributed by atoms with Gasteiger partial charge in [0, 0.05) is 0 Å². The third-order valence-electron chi connectivity index (χ3n) is 8.29. The predicted molar refractivity (Wildman–Crippen MR) is 176 cm³/mol. The molecular weight excluding hydrogens is 508 g/mol. The molecule has 1 N–H and O–H groups in total. The molecule has 0 bridgehead atoms. The van der Waals surface area contributed by atoms with Gasteiger partial charge in [-0.25, -0.2) is 0 Å². The van der Waals surface area contributed by atoms with Crippen LogP contribution in [0, 0.1) is 5.92 Å². The van der Waals surface area contributed by atoms with E-state index in [0.717, 1.165) is 19.3 Å². The fourth-order valence-corrected chi connectivity index (χ4v) is 5.55. The summed E-state index contributed by atoms with van der Waals surface area (Å²) in [7, 11) is 0. The molecule has 0 aromatic carbocycles. The number of aliphatic carboxylic acids is 1. The van der Waals surface area contributed by atoms with Crippen LogP contribution in [0.25, 0.3) is 0 Å². The summed E-state index contributed by atoms with van der Waals surface area (Å²) < 4.78 is 5.03. The number of ether oxygens (including phenoxy) is 1. The molecule has 0 aromatic rings. The predicted octanol–water partition coefficient (Wildman–Crippen LogP) is 12.1. The standard InChI is InChI=1S/C37H70O4/c1-3-5-6-7-8-9-10-11-12-13-14-15-16-17-18-19-20-21-22-23-24-25-26-27-28-29-30-31-32-35(37(39)40)34-36(38)41-33-4-2/h17-18,35H,3-16,19-34H2,1-2H3,(H,39,40)/b18-17+. The molecule has 0 amide bonds. The number of unbranched alkanes of at least 4 members (excludes halogenated alkanes) is 24. The molecule has 0 aromatic heterocycles. The fourth-order valence-electron chi connectivity index (χ4n) is 5.55. The zero-order valence-corrected chi connectivity index (χ0v) is 27.6. The van der Waals surface area contributed by atoms with Crippen molar-refractivity contribution in [1.82, 2.24) is 0 Å². The Balaban J connectivity index is 3.31. The van der Waals surface area contributed by atoms with Crippen LogP contribution in [0.15, 0.2) is 12.2 Å². The third-order valence-corrected chi connectivity index (χ3v) is 8.29. The average Bonchev–Trinajstić information content (AvgIpc) is 2.96. The number of hydrogen-bond acceptors (Lipinski definition) is 3. The summed E-state index contributed by atoms with van der Waals surface area (Å²) in [6.07, 6.45) is 41.0. The molecule has 0 saturated carbocycles. The first-order chi connectivity index (χ1) is 20.1. The molecule has 0 spiro atoms. The monoisotopic (exact) mass is 579 g/mol. The van der Waals surface area contributed by atoms with Crippen LogP contribution in [-0.2, 0) is 14.3 Å². The van der Waals surface area contributed by atoms with Crippen LogP contribution in [0.4, 0.5) is 0 Å². The number of carboxylic acid groups (broad SMARTS) is 1. The Hall–Kier alpha value is -1.32. The van der Waals surface area contributed by atoms with Crippen molar-refractivity contribution in [1.29, 1.82) is 0 Å². The Bertz CT molecular complexity index is 585. The van der Waals surface area contributed by atoms with E-state index in [0.29, 0.717) is 13.0 Å². The molecular formula is C37H70O4. The highest BCUT2D eigenvalue weighted by atomic mass is 16.5. The molecule has 4 heteroatoms. The third kappa shape index (κ3) is 31.4. The lowest BCUT2D eigenvalue weighted by Crippen LogP contribution is -2.19. The fraction of sp³-hybridized carbons (Fsp3) is 0.892. The van der Waals surface area contributed by atoms with E-state index < -0.39 is 11.9 Å². The Morgan fingerprint density at radius 1 is 0.537 bits per heavy atom. The normalized spacial score (nSPS) is 12.2. The second kappa shape index (κ2) is 33.2. The lowest BCUT2D eigenvalue weighted by atomic mass is 9.97. The molecule has 0 aliphatic heterocycles. The van der Waals surface area contributed by atoms with E-state index >= 15 is 0 Å². The van der Waals surface area contributed by atoms with Gasteiger partial charge in [0.05, 0.1) is 18.9 Å². The Labute approximate surface area is 255 Å². The Morgan fingerprint density at radius 3 is 1.27 bits per heavy atom. The van der Waals surface area contributed by atoms with Crippen molar-refractivity contribution in [3.63, 3.8) is 0 Å². The minimum absolute atomic E-state index is 0.00550. The largest absolute Gasteiger partial charge is 0.481 e. The van der Waals surface area contributed by atoms with Gasteiger partial charge in [0.25, 0.3) is 0 Å². The number of rotatable bonds is 33. The molecule has 4 nitrogen and oxygen atoms in total. The average molecular weight is 579 g/mol. The van der Waals surface area contributed by atoms with Crippen molar-refractivity contribution in [2.24, 2.45) is 5.92 Å². The van der Waals surface area contributed by atoms with Gasteiger partial charge >= 0.3 is 11.9 Å². The van der Waals surface area contributed by atoms with Gasteiger partial charge in [0.15, 0.2) is 0 Å². The highest BCUT2D eigenvalue weighted by Crippen LogP contribution is 2.18. The van der Waals surface area contributed by atoms with Crippen molar-refractivity contribution in [3.8, 4) is 0 Å². The van der Waals surface area contributed by atoms with Crippen LogP contribution in [0.3, 0.4) is 0 Å². The summed E-state index contributed by atoms with van der Waals surface area (Å²) in [6.45, 7) is 4.60. The van der Waals surface area contributed by atoms with Crippen molar-refractivity contribution in [3.05, 3.63) is 12.2 Å². The van der Waals surface area contributed by atoms with E-state index in [-0.39, 0.29) is 12.4 Å². The van der Waals surface area contributed by atoms with Gasteiger partial charge in [-0.2, -0.15) is 0 Å². The first kappa shape index (κ1) is 39.7. The summed E-state index contributed by atoms with van der Waals surface area (Å²) in [5.41, 5.74) is 0. The van der Waals surface area contributed by atoms with Crippen LogP contribution >= 0.6 is 0 Å². The summed E-state index contributed by atoms with van der Waals surface area (Å²) in [5.74, 6) is -1.85. The van der Waals surface area contributed by atoms with Crippen LogP contribution in [0.1, 0.15) is 200 Å². The van der Waals surface area contributed by atoms with Crippen molar-refractivity contribution in [2.75, 3.05) is 6.61 Å². The first-order valence-corrected chi connectivity index (χ1v) is 18.1. The van der Waals surface area contributed by atoms with Gasteiger partial charge in [-0.3, -0.25) is 9.59 Å². The highest BCUT2D eigenvalue weighted by molar-refractivity contribution is 5.78. The maximum atomic E-state index is 11.7. The molecule has 242 valence electrons. The van der Waals surface area contributed by atoms with Crippen molar-refractivity contribution >= 4 is 11.9 Å². The van der Waals surface area contributed by atoms with Gasteiger partial charge in [-0.1, -0.05) is 167 Å². The summed E-state index contributed by atoms with van der Waals surface area (Å²) >= 11 is 0. The number of allylic oxidation sites excluding steroid dienone is 2. The van der Waals surface area contributed by atoms with Crippen LogP contribution in [0.2, 0.25) is 0 Å². The minimum Gasteiger partial charge on any atom is -0.481 e. The Kier molecular flexibility index (Phi) is 32.1. The highest BCUT2D eigenvalue weighted by Gasteiger charge is 2.21. The molecule has 0 aliphatic carbocycles. The molecule has 0 fully saturated rings. The zero-order valence-electron chi connectivity index (χ0n) is 27.6. The van der Waals surface area contributed by atoms with E-state index in [1.54, 1.807) is 0 Å². The first-order valence-electron chi connectivity index (χ1n) is 18.1. The lowest BCUT2D eigenvalue weighted by Gasteiger charge is -2.11. The van der Waals surface area contributed by atoms with E-state index in [1.165, 1.54) is 154 Å².